The number of halogens is 1. The molecule has 0 spiro atoms. The van der Waals surface area contributed by atoms with Crippen molar-refractivity contribution in [3.05, 3.63) is 36.4 Å². The van der Waals surface area contributed by atoms with Gasteiger partial charge in [-0.1, -0.05) is 31.5 Å². The average molecular weight is 323 g/mol. The Morgan fingerprint density at radius 3 is 2.43 bits per heavy atom. The van der Waals surface area contributed by atoms with Gasteiger partial charge in [-0.05, 0) is 37.5 Å². The lowest BCUT2D eigenvalue weighted by Gasteiger charge is -2.11. The highest BCUT2D eigenvalue weighted by Crippen LogP contribution is 2.34. The standard InChI is InChI=1S/C18H23OS.ClH/c1-2-3-12-19-17-10-11-18(20-13-6-7-14-20)16-9-5-4-8-15(16)17;/h4-5,8-11H,2-3,6-7,12-14H2,1H3;1H/q+1;/p-1. The minimum Gasteiger partial charge on any atom is -1.00 e. The van der Waals surface area contributed by atoms with Crippen LogP contribution < -0.4 is 17.1 Å². The Kier molecular flexibility index (Phi) is 6.25. The molecule has 1 saturated heterocycles. The van der Waals surface area contributed by atoms with E-state index in [2.05, 4.69) is 43.3 Å². The molecule has 1 aliphatic rings. The smallest absolute Gasteiger partial charge is 0.162 e. The highest BCUT2D eigenvalue weighted by atomic mass is 35.5. The Balaban J connectivity index is 0.00000161. The molecule has 1 aliphatic heterocycles. The molecule has 0 amide bonds. The van der Waals surface area contributed by atoms with Crippen molar-refractivity contribution >= 4 is 21.7 Å². The van der Waals surface area contributed by atoms with Crippen LogP contribution >= 0.6 is 0 Å². The molecular weight excluding hydrogens is 300 g/mol. The largest absolute Gasteiger partial charge is 1.00 e. The first-order valence-corrected chi connectivity index (χ1v) is 9.28. The first-order chi connectivity index (χ1) is 9.90. The second-order valence-corrected chi connectivity index (χ2v) is 7.66. The molecule has 3 heteroatoms. The van der Waals surface area contributed by atoms with E-state index in [0.29, 0.717) is 10.9 Å². The van der Waals surface area contributed by atoms with E-state index in [9.17, 15) is 0 Å². The van der Waals surface area contributed by atoms with E-state index < -0.39 is 0 Å². The summed E-state index contributed by atoms with van der Waals surface area (Å²) < 4.78 is 5.98. The summed E-state index contributed by atoms with van der Waals surface area (Å²) in [6, 6.07) is 13.3. The first-order valence-electron chi connectivity index (χ1n) is 7.72. The maximum absolute atomic E-state index is 5.98. The molecule has 1 heterocycles. The SMILES string of the molecule is CCCCOc1ccc([S+]2CCCC2)c2ccccc12.[Cl-]. The zero-order valence-electron chi connectivity index (χ0n) is 12.6. The normalized spacial score (nSPS) is 15.1. The van der Waals surface area contributed by atoms with E-state index in [1.165, 1.54) is 41.5 Å². The van der Waals surface area contributed by atoms with Crippen LogP contribution in [0.25, 0.3) is 10.8 Å². The van der Waals surface area contributed by atoms with Crippen LogP contribution in [0.5, 0.6) is 5.75 Å². The van der Waals surface area contributed by atoms with Gasteiger partial charge in [0, 0.05) is 21.7 Å². The zero-order chi connectivity index (χ0) is 13.8. The van der Waals surface area contributed by atoms with E-state index in [1.807, 2.05) is 0 Å². The second-order valence-electron chi connectivity index (χ2n) is 5.42. The fourth-order valence-electron chi connectivity index (χ4n) is 2.82. The maximum atomic E-state index is 5.98. The molecule has 0 atom stereocenters. The molecule has 0 N–H and O–H groups in total. The fourth-order valence-corrected chi connectivity index (χ4v) is 5.32. The fraction of sp³-hybridized carbons (Fsp3) is 0.444. The highest BCUT2D eigenvalue weighted by Gasteiger charge is 2.29. The van der Waals surface area contributed by atoms with Gasteiger partial charge in [-0.2, -0.15) is 0 Å². The average Bonchev–Trinajstić information content (AvgIpc) is 3.01. The summed E-state index contributed by atoms with van der Waals surface area (Å²) in [5, 5.41) is 2.70. The lowest BCUT2D eigenvalue weighted by atomic mass is 10.1. The van der Waals surface area contributed by atoms with Crippen LogP contribution in [-0.2, 0) is 10.9 Å². The van der Waals surface area contributed by atoms with Crippen molar-refractivity contribution in [1.82, 2.24) is 0 Å². The molecule has 0 unspecified atom stereocenters. The second kappa shape index (κ2) is 7.95. The number of hydrogen-bond donors (Lipinski definition) is 0. The summed E-state index contributed by atoms with van der Waals surface area (Å²) in [6.45, 7) is 3.03. The van der Waals surface area contributed by atoms with Crippen molar-refractivity contribution in [3.8, 4) is 5.75 Å². The van der Waals surface area contributed by atoms with E-state index in [-0.39, 0.29) is 12.4 Å². The number of unbranched alkanes of at least 4 members (excludes halogenated alkanes) is 1. The van der Waals surface area contributed by atoms with Crippen LogP contribution in [0, 0.1) is 0 Å². The van der Waals surface area contributed by atoms with Gasteiger partial charge in [0.2, 0.25) is 0 Å². The summed E-state index contributed by atoms with van der Waals surface area (Å²) in [5.41, 5.74) is 0. The summed E-state index contributed by atoms with van der Waals surface area (Å²) in [4.78, 5) is 1.56. The van der Waals surface area contributed by atoms with Gasteiger partial charge in [-0.3, -0.25) is 0 Å². The van der Waals surface area contributed by atoms with Crippen LogP contribution in [0.3, 0.4) is 0 Å². The molecule has 1 fully saturated rings. The van der Waals surface area contributed by atoms with Crippen LogP contribution in [0.1, 0.15) is 32.6 Å². The van der Waals surface area contributed by atoms with Crippen LogP contribution in [-0.4, -0.2) is 18.1 Å². The van der Waals surface area contributed by atoms with Crippen LogP contribution in [0.15, 0.2) is 41.3 Å². The van der Waals surface area contributed by atoms with Crippen molar-refractivity contribution in [2.24, 2.45) is 0 Å². The van der Waals surface area contributed by atoms with E-state index >= 15 is 0 Å². The van der Waals surface area contributed by atoms with Gasteiger partial charge < -0.3 is 17.1 Å². The molecule has 3 rings (SSSR count). The monoisotopic (exact) mass is 322 g/mol. The van der Waals surface area contributed by atoms with Crippen molar-refractivity contribution in [2.75, 3.05) is 18.1 Å². The third-order valence-electron chi connectivity index (χ3n) is 3.94. The van der Waals surface area contributed by atoms with E-state index in [1.54, 1.807) is 4.90 Å². The van der Waals surface area contributed by atoms with Crippen molar-refractivity contribution in [2.45, 2.75) is 37.5 Å². The minimum atomic E-state index is 0. The van der Waals surface area contributed by atoms with Gasteiger partial charge in [0.1, 0.15) is 17.3 Å². The third-order valence-corrected chi connectivity index (χ3v) is 6.48. The van der Waals surface area contributed by atoms with Crippen molar-refractivity contribution in [1.29, 1.82) is 0 Å². The first kappa shape index (κ1) is 16.5. The number of fused-ring (bicyclic) bond motifs is 1. The number of rotatable bonds is 5. The molecule has 0 saturated carbocycles. The molecule has 0 aliphatic carbocycles. The van der Waals surface area contributed by atoms with Gasteiger partial charge in [0.05, 0.1) is 6.61 Å². The topological polar surface area (TPSA) is 9.23 Å². The highest BCUT2D eigenvalue weighted by molar-refractivity contribution is 7.97. The van der Waals surface area contributed by atoms with Crippen molar-refractivity contribution < 1.29 is 17.1 Å². The molecule has 2 aromatic rings. The number of ether oxygens (including phenoxy) is 1. The Morgan fingerprint density at radius 1 is 1.00 bits per heavy atom. The molecule has 0 radical (unpaired) electrons. The Labute approximate surface area is 136 Å². The van der Waals surface area contributed by atoms with Gasteiger partial charge >= 0.3 is 0 Å². The third kappa shape index (κ3) is 3.67. The van der Waals surface area contributed by atoms with Gasteiger partial charge in [-0.25, -0.2) is 0 Å². The molecular formula is C18H23ClOS. The summed E-state index contributed by atoms with van der Waals surface area (Å²) in [6.07, 6.45) is 5.10. The summed E-state index contributed by atoms with van der Waals surface area (Å²) in [7, 11) is 0.464. The van der Waals surface area contributed by atoms with Gasteiger partial charge in [0.15, 0.2) is 4.90 Å². The Bertz CT molecular complexity index is 578. The molecule has 21 heavy (non-hydrogen) atoms. The lowest BCUT2D eigenvalue weighted by Crippen LogP contribution is -3.00. The predicted molar refractivity (Wildman–Crippen MR) is 89.0 cm³/mol. The maximum Gasteiger partial charge on any atom is 0.162 e. The summed E-state index contributed by atoms with van der Waals surface area (Å²) in [5.74, 6) is 3.81. The molecule has 114 valence electrons. The molecule has 2 aromatic carbocycles. The van der Waals surface area contributed by atoms with Crippen LogP contribution in [0.4, 0.5) is 0 Å². The quantitative estimate of drug-likeness (QED) is 0.602. The predicted octanol–water partition coefficient (Wildman–Crippen LogP) is 1.79. The zero-order valence-corrected chi connectivity index (χ0v) is 14.2. The Hall–Kier alpha value is -0.860. The minimum absolute atomic E-state index is 0. The molecule has 0 bridgehead atoms. The van der Waals surface area contributed by atoms with Crippen molar-refractivity contribution in [3.63, 3.8) is 0 Å². The Morgan fingerprint density at radius 2 is 1.71 bits per heavy atom. The van der Waals surface area contributed by atoms with E-state index in [0.717, 1.165) is 18.8 Å². The van der Waals surface area contributed by atoms with Gasteiger partial charge in [0.25, 0.3) is 0 Å². The van der Waals surface area contributed by atoms with Crippen LogP contribution in [0.2, 0.25) is 0 Å². The lowest BCUT2D eigenvalue weighted by molar-refractivity contribution is -0.00000453. The summed E-state index contributed by atoms with van der Waals surface area (Å²) >= 11 is 0. The molecule has 1 nitrogen and oxygen atoms in total. The number of hydrogen-bond acceptors (Lipinski definition) is 1. The number of benzene rings is 2. The van der Waals surface area contributed by atoms with E-state index in [4.69, 9.17) is 4.74 Å². The van der Waals surface area contributed by atoms with Gasteiger partial charge in [-0.15, -0.1) is 0 Å². The molecule has 0 aromatic heterocycles.